The van der Waals surface area contributed by atoms with Crippen molar-refractivity contribution < 1.29 is 4.57 Å². The van der Waals surface area contributed by atoms with Crippen LogP contribution in [-0.4, -0.2) is 9.78 Å². The van der Waals surface area contributed by atoms with Crippen LogP contribution in [-0.2, 0) is 6.42 Å². The van der Waals surface area contributed by atoms with Crippen molar-refractivity contribution >= 4 is 0 Å². The lowest BCUT2D eigenvalue weighted by Gasteiger charge is -2.12. The summed E-state index contributed by atoms with van der Waals surface area (Å²) in [6.45, 7) is 11.1. The Labute approximate surface area is 121 Å². The van der Waals surface area contributed by atoms with Crippen molar-refractivity contribution in [1.29, 1.82) is 0 Å². The van der Waals surface area contributed by atoms with E-state index in [1.807, 2.05) is 0 Å². The largest absolute Gasteiger partial charge is 0.278 e. The molecule has 1 aromatic carbocycles. The second-order valence-corrected chi connectivity index (χ2v) is 6.48. The summed E-state index contributed by atoms with van der Waals surface area (Å²) in [5.74, 6) is 1.89. The SMILES string of the molecule is Cc1cc(C)c(-n2c[n+]3c(n2)CC[C@@H]3C(C)C)c(C)c1. The van der Waals surface area contributed by atoms with Crippen LogP contribution in [0.2, 0.25) is 0 Å². The van der Waals surface area contributed by atoms with Gasteiger partial charge in [0.25, 0.3) is 5.82 Å². The van der Waals surface area contributed by atoms with Crippen molar-refractivity contribution in [3.05, 3.63) is 41.0 Å². The molecule has 0 spiro atoms. The molecule has 0 saturated carbocycles. The molecule has 1 aliphatic heterocycles. The second-order valence-electron chi connectivity index (χ2n) is 6.48. The third kappa shape index (κ3) is 2.05. The van der Waals surface area contributed by atoms with E-state index in [4.69, 9.17) is 5.10 Å². The zero-order valence-electron chi connectivity index (χ0n) is 13.1. The van der Waals surface area contributed by atoms with Crippen LogP contribution in [0.1, 0.15) is 48.8 Å². The molecule has 2 aromatic rings. The van der Waals surface area contributed by atoms with Crippen molar-refractivity contribution in [1.82, 2.24) is 9.78 Å². The first-order valence-corrected chi connectivity index (χ1v) is 7.55. The highest BCUT2D eigenvalue weighted by Gasteiger charge is 2.33. The first-order valence-electron chi connectivity index (χ1n) is 7.55. The van der Waals surface area contributed by atoms with Gasteiger partial charge in [-0.05, 0) is 44.2 Å². The Morgan fingerprint density at radius 1 is 1.20 bits per heavy atom. The Kier molecular flexibility index (Phi) is 3.15. The predicted octanol–water partition coefficient (Wildman–Crippen LogP) is 3.23. The first-order chi connectivity index (χ1) is 9.47. The Bertz CT molecular complexity index is 629. The molecule has 20 heavy (non-hydrogen) atoms. The molecule has 2 heterocycles. The predicted molar refractivity (Wildman–Crippen MR) is 80.2 cm³/mol. The molecule has 0 unspecified atom stereocenters. The van der Waals surface area contributed by atoms with Crippen molar-refractivity contribution in [3.8, 4) is 5.69 Å². The van der Waals surface area contributed by atoms with Gasteiger partial charge in [-0.15, -0.1) is 0 Å². The maximum absolute atomic E-state index is 4.82. The molecule has 0 saturated heterocycles. The second kappa shape index (κ2) is 4.72. The number of rotatable bonds is 2. The molecule has 1 aromatic heterocycles. The lowest BCUT2D eigenvalue weighted by Crippen LogP contribution is -2.38. The molecule has 0 aliphatic carbocycles. The van der Waals surface area contributed by atoms with E-state index in [1.165, 1.54) is 34.6 Å². The van der Waals surface area contributed by atoms with Crippen LogP contribution in [0.3, 0.4) is 0 Å². The fourth-order valence-electron chi connectivity index (χ4n) is 3.55. The average molecular weight is 270 g/mol. The molecule has 0 radical (unpaired) electrons. The molecule has 3 rings (SSSR count). The van der Waals surface area contributed by atoms with E-state index < -0.39 is 0 Å². The first kappa shape index (κ1) is 13.3. The molecule has 1 atom stereocenters. The van der Waals surface area contributed by atoms with Gasteiger partial charge in [-0.1, -0.05) is 36.2 Å². The minimum Gasteiger partial charge on any atom is -0.231 e. The summed E-state index contributed by atoms with van der Waals surface area (Å²) in [6, 6.07) is 5.07. The summed E-state index contributed by atoms with van der Waals surface area (Å²) >= 11 is 0. The third-order valence-corrected chi connectivity index (χ3v) is 4.41. The smallest absolute Gasteiger partial charge is 0.231 e. The van der Waals surface area contributed by atoms with E-state index in [1.54, 1.807) is 0 Å². The lowest BCUT2D eigenvalue weighted by atomic mass is 10.0. The zero-order chi connectivity index (χ0) is 14.4. The molecule has 0 fully saturated rings. The lowest BCUT2D eigenvalue weighted by molar-refractivity contribution is -0.723. The highest BCUT2D eigenvalue weighted by Crippen LogP contribution is 2.25. The highest BCUT2D eigenvalue weighted by atomic mass is 15.4. The fraction of sp³-hybridized carbons (Fsp3) is 0.529. The molecule has 0 N–H and O–H groups in total. The molecular formula is C17H24N3+. The third-order valence-electron chi connectivity index (χ3n) is 4.41. The Hall–Kier alpha value is -1.64. The van der Waals surface area contributed by atoms with Gasteiger partial charge in [-0.3, -0.25) is 0 Å². The molecule has 3 heteroatoms. The van der Waals surface area contributed by atoms with Crippen LogP contribution in [0.5, 0.6) is 0 Å². The Morgan fingerprint density at radius 2 is 1.85 bits per heavy atom. The van der Waals surface area contributed by atoms with Crippen LogP contribution in [0.15, 0.2) is 18.5 Å². The van der Waals surface area contributed by atoms with Gasteiger partial charge in [0.2, 0.25) is 6.33 Å². The molecule has 0 amide bonds. The highest BCUT2D eigenvalue weighted by molar-refractivity contribution is 5.48. The van der Waals surface area contributed by atoms with Gasteiger partial charge in [0.15, 0.2) is 0 Å². The van der Waals surface area contributed by atoms with Gasteiger partial charge in [-0.2, -0.15) is 0 Å². The van der Waals surface area contributed by atoms with Gasteiger partial charge in [0.1, 0.15) is 5.69 Å². The van der Waals surface area contributed by atoms with Crippen molar-refractivity contribution in [2.24, 2.45) is 5.92 Å². The van der Waals surface area contributed by atoms with E-state index in [-0.39, 0.29) is 0 Å². The summed E-state index contributed by atoms with van der Waals surface area (Å²) in [7, 11) is 0. The number of nitrogens with zero attached hydrogens (tertiary/aromatic N) is 3. The summed E-state index contributed by atoms with van der Waals surface area (Å²) in [6.07, 6.45) is 4.52. The minimum atomic E-state index is 0.602. The molecule has 0 bridgehead atoms. The minimum absolute atomic E-state index is 0.602. The van der Waals surface area contributed by atoms with Gasteiger partial charge in [0.05, 0.1) is 6.04 Å². The monoisotopic (exact) mass is 270 g/mol. The number of aromatic nitrogens is 3. The quantitative estimate of drug-likeness (QED) is 0.768. The topological polar surface area (TPSA) is 21.7 Å². The zero-order valence-corrected chi connectivity index (χ0v) is 13.1. The number of hydrogen-bond donors (Lipinski definition) is 0. The normalized spacial score (nSPS) is 17.8. The molecule has 1 aliphatic rings. The maximum Gasteiger partial charge on any atom is 0.278 e. The van der Waals surface area contributed by atoms with Crippen LogP contribution in [0.4, 0.5) is 0 Å². The van der Waals surface area contributed by atoms with Crippen LogP contribution >= 0.6 is 0 Å². The van der Waals surface area contributed by atoms with Gasteiger partial charge in [-0.25, -0.2) is 4.57 Å². The standard InChI is InChI=1S/C17H24N3/c1-11(2)15-6-7-16-18-20(10-19(15)16)17-13(4)8-12(3)9-14(17)5/h8-11,15H,6-7H2,1-5H3/q+1/t15-/m1/s1. The van der Waals surface area contributed by atoms with E-state index in [2.05, 4.69) is 62.3 Å². The molecule has 106 valence electrons. The molecule has 3 nitrogen and oxygen atoms in total. The van der Waals surface area contributed by atoms with Gasteiger partial charge >= 0.3 is 0 Å². The van der Waals surface area contributed by atoms with E-state index in [0.29, 0.717) is 12.0 Å². The summed E-state index contributed by atoms with van der Waals surface area (Å²) in [4.78, 5) is 0. The Morgan fingerprint density at radius 3 is 2.45 bits per heavy atom. The summed E-state index contributed by atoms with van der Waals surface area (Å²) in [5, 5.41) is 4.82. The average Bonchev–Trinajstić information content (AvgIpc) is 2.86. The van der Waals surface area contributed by atoms with E-state index >= 15 is 0 Å². The van der Waals surface area contributed by atoms with Crippen molar-refractivity contribution in [2.75, 3.05) is 0 Å². The number of fused-ring (bicyclic) bond motifs is 1. The number of hydrogen-bond acceptors (Lipinski definition) is 1. The maximum atomic E-state index is 4.82. The molecular weight excluding hydrogens is 246 g/mol. The van der Waals surface area contributed by atoms with Crippen molar-refractivity contribution in [2.45, 2.75) is 53.5 Å². The summed E-state index contributed by atoms with van der Waals surface area (Å²) in [5.41, 5.74) is 5.15. The van der Waals surface area contributed by atoms with Gasteiger partial charge in [0, 0.05) is 11.5 Å². The van der Waals surface area contributed by atoms with E-state index in [9.17, 15) is 0 Å². The summed E-state index contributed by atoms with van der Waals surface area (Å²) < 4.78 is 4.46. The van der Waals surface area contributed by atoms with Crippen LogP contribution in [0, 0.1) is 26.7 Å². The Balaban J connectivity index is 2.08. The number of benzene rings is 1. The van der Waals surface area contributed by atoms with Crippen molar-refractivity contribution in [3.63, 3.8) is 0 Å². The van der Waals surface area contributed by atoms with Gasteiger partial charge < -0.3 is 0 Å². The van der Waals surface area contributed by atoms with E-state index in [0.717, 1.165) is 6.42 Å². The van der Waals surface area contributed by atoms with Crippen LogP contribution < -0.4 is 4.57 Å². The fourth-order valence-corrected chi connectivity index (χ4v) is 3.55. The number of aryl methyl sites for hydroxylation is 4. The van der Waals surface area contributed by atoms with Crippen LogP contribution in [0.25, 0.3) is 5.69 Å².